The number of hydrogen-bond donors (Lipinski definition) is 1. The number of hydrogen-bond acceptors (Lipinski definition) is 4. The smallest absolute Gasteiger partial charge is 0.123 e. The highest BCUT2D eigenvalue weighted by molar-refractivity contribution is 5.51. The number of rotatable bonds is 6. The van der Waals surface area contributed by atoms with Crippen LogP contribution in [0.3, 0.4) is 0 Å². The zero-order chi connectivity index (χ0) is 14.5. The highest BCUT2D eigenvalue weighted by atomic mass is 16.3. The van der Waals surface area contributed by atoms with Gasteiger partial charge in [-0.3, -0.25) is 4.98 Å². The number of pyridine rings is 1. The summed E-state index contributed by atoms with van der Waals surface area (Å²) in [6.45, 7) is 7.83. The van der Waals surface area contributed by atoms with Crippen molar-refractivity contribution in [3.63, 3.8) is 0 Å². The van der Waals surface area contributed by atoms with Gasteiger partial charge in [0.25, 0.3) is 0 Å². The monoisotopic (exact) mass is 273 g/mol. The first-order valence-corrected chi connectivity index (χ1v) is 6.99. The van der Waals surface area contributed by atoms with E-state index in [0.717, 1.165) is 24.6 Å². The highest BCUT2D eigenvalue weighted by Crippen LogP contribution is 2.20. The van der Waals surface area contributed by atoms with E-state index in [2.05, 4.69) is 36.1 Å². The van der Waals surface area contributed by atoms with Crippen molar-refractivity contribution in [1.29, 1.82) is 0 Å². The van der Waals surface area contributed by atoms with Gasteiger partial charge in [-0.05, 0) is 25.1 Å². The van der Waals surface area contributed by atoms with Crippen molar-refractivity contribution in [3.8, 4) is 0 Å². The van der Waals surface area contributed by atoms with Crippen molar-refractivity contribution in [2.24, 2.45) is 0 Å². The van der Waals surface area contributed by atoms with Gasteiger partial charge in [-0.1, -0.05) is 13.8 Å². The molecule has 2 aromatic rings. The van der Waals surface area contributed by atoms with E-state index >= 15 is 0 Å². The molecule has 0 aliphatic rings. The highest BCUT2D eigenvalue weighted by Gasteiger charge is 2.10. The summed E-state index contributed by atoms with van der Waals surface area (Å²) in [5.41, 5.74) is 2.38. The van der Waals surface area contributed by atoms with Crippen LogP contribution in [0.4, 0.5) is 5.69 Å². The third-order valence-corrected chi connectivity index (χ3v) is 3.18. The molecule has 0 aliphatic carbocycles. The third kappa shape index (κ3) is 3.84. The Morgan fingerprint density at radius 3 is 2.75 bits per heavy atom. The van der Waals surface area contributed by atoms with Crippen LogP contribution in [0, 0.1) is 6.92 Å². The van der Waals surface area contributed by atoms with Gasteiger partial charge in [-0.15, -0.1) is 0 Å². The number of nitrogens with one attached hydrogen (secondary N) is 1. The van der Waals surface area contributed by atoms with Crippen LogP contribution in [0.2, 0.25) is 0 Å². The molecular formula is C16H23N3O. The molecule has 0 unspecified atom stereocenters. The van der Waals surface area contributed by atoms with E-state index in [9.17, 15) is 0 Å². The Hall–Kier alpha value is -1.81. The molecule has 0 bridgehead atoms. The van der Waals surface area contributed by atoms with Crippen LogP contribution in [0.15, 0.2) is 35.0 Å². The molecule has 0 amide bonds. The van der Waals surface area contributed by atoms with Crippen LogP contribution in [0.1, 0.15) is 30.9 Å². The van der Waals surface area contributed by atoms with E-state index < -0.39 is 0 Å². The first-order valence-electron chi connectivity index (χ1n) is 6.99. The molecule has 0 aromatic carbocycles. The average molecular weight is 273 g/mol. The van der Waals surface area contributed by atoms with E-state index in [-0.39, 0.29) is 0 Å². The molecule has 0 radical (unpaired) electrons. The second-order valence-electron chi connectivity index (χ2n) is 5.41. The van der Waals surface area contributed by atoms with Crippen molar-refractivity contribution in [2.75, 3.05) is 11.9 Å². The molecule has 0 saturated heterocycles. The SMILES string of the molecule is Cc1ccc(CN(C)c2ccncc2CNC(C)C)o1. The standard InChI is InChI=1S/C16H23N3O/c1-12(2)18-10-14-9-17-8-7-16(14)19(4)11-15-6-5-13(3)20-15/h5-9,12,18H,10-11H2,1-4H3. The lowest BCUT2D eigenvalue weighted by Gasteiger charge is -2.21. The average Bonchev–Trinajstić information content (AvgIpc) is 2.82. The summed E-state index contributed by atoms with van der Waals surface area (Å²) in [6.07, 6.45) is 3.76. The van der Waals surface area contributed by atoms with Gasteiger partial charge in [0, 0.05) is 43.3 Å². The molecule has 4 nitrogen and oxygen atoms in total. The topological polar surface area (TPSA) is 41.3 Å². The lowest BCUT2D eigenvalue weighted by atomic mass is 10.2. The fourth-order valence-electron chi connectivity index (χ4n) is 2.13. The van der Waals surface area contributed by atoms with Gasteiger partial charge >= 0.3 is 0 Å². The van der Waals surface area contributed by atoms with Crippen LogP contribution in [0.5, 0.6) is 0 Å². The second-order valence-corrected chi connectivity index (χ2v) is 5.41. The molecule has 2 aromatic heterocycles. The van der Waals surface area contributed by atoms with Crippen LogP contribution in [-0.2, 0) is 13.1 Å². The molecule has 0 atom stereocenters. The lowest BCUT2D eigenvalue weighted by molar-refractivity contribution is 0.481. The van der Waals surface area contributed by atoms with Crippen LogP contribution < -0.4 is 10.2 Å². The molecule has 4 heteroatoms. The lowest BCUT2D eigenvalue weighted by Crippen LogP contribution is -2.24. The Labute approximate surface area is 120 Å². The molecule has 108 valence electrons. The minimum absolute atomic E-state index is 0.459. The predicted octanol–water partition coefficient (Wildman–Crippen LogP) is 3.12. The van der Waals surface area contributed by atoms with E-state index in [4.69, 9.17) is 4.42 Å². The predicted molar refractivity (Wildman–Crippen MR) is 81.8 cm³/mol. The number of furan rings is 1. The van der Waals surface area contributed by atoms with Gasteiger partial charge in [0.2, 0.25) is 0 Å². The second kappa shape index (κ2) is 6.57. The normalized spacial score (nSPS) is 11.1. The van der Waals surface area contributed by atoms with Gasteiger partial charge in [-0.2, -0.15) is 0 Å². The molecule has 1 N–H and O–H groups in total. The summed E-state index contributed by atoms with van der Waals surface area (Å²) >= 11 is 0. The van der Waals surface area contributed by atoms with Crippen molar-refractivity contribution in [1.82, 2.24) is 10.3 Å². The number of aromatic nitrogens is 1. The Morgan fingerprint density at radius 1 is 1.30 bits per heavy atom. The zero-order valence-electron chi connectivity index (χ0n) is 12.7. The van der Waals surface area contributed by atoms with Gasteiger partial charge in [0.05, 0.1) is 6.54 Å². The molecule has 2 rings (SSSR count). The fraction of sp³-hybridized carbons (Fsp3) is 0.438. The van der Waals surface area contributed by atoms with Crippen LogP contribution in [-0.4, -0.2) is 18.1 Å². The molecule has 0 fully saturated rings. The maximum atomic E-state index is 5.64. The maximum Gasteiger partial charge on any atom is 0.123 e. The van der Waals surface area contributed by atoms with Crippen molar-refractivity contribution in [3.05, 3.63) is 47.7 Å². The van der Waals surface area contributed by atoms with E-state index in [1.807, 2.05) is 37.5 Å². The Morgan fingerprint density at radius 2 is 2.10 bits per heavy atom. The van der Waals surface area contributed by atoms with Gasteiger partial charge in [-0.25, -0.2) is 0 Å². The summed E-state index contributed by atoms with van der Waals surface area (Å²) in [5, 5.41) is 3.43. The van der Waals surface area contributed by atoms with E-state index in [1.54, 1.807) is 0 Å². The Balaban J connectivity index is 2.10. The summed E-state index contributed by atoms with van der Waals surface area (Å²) in [4.78, 5) is 6.42. The van der Waals surface area contributed by atoms with Crippen molar-refractivity contribution < 1.29 is 4.42 Å². The van der Waals surface area contributed by atoms with E-state index in [0.29, 0.717) is 6.04 Å². The molecule has 0 saturated carbocycles. The molecular weight excluding hydrogens is 250 g/mol. The minimum Gasteiger partial charge on any atom is -0.464 e. The zero-order valence-corrected chi connectivity index (χ0v) is 12.7. The van der Waals surface area contributed by atoms with Gasteiger partial charge in [0.1, 0.15) is 11.5 Å². The minimum atomic E-state index is 0.459. The number of aryl methyl sites for hydroxylation is 1. The Kier molecular flexibility index (Phi) is 4.79. The number of nitrogens with zero attached hydrogens (tertiary/aromatic N) is 2. The third-order valence-electron chi connectivity index (χ3n) is 3.18. The van der Waals surface area contributed by atoms with Crippen LogP contribution in [0.25, 0.3) is 0 Å². The largest absolute Gasteiger partial charge is 0.464 e. The van der Waals surface area contributed by atoms with Gasteiger partial charge in [0.15, 0.2) is 0 Å². The van der Waals surface area contributed by atoms with Crippen LogP contribution >= 0.6 is 0 Å². The van der Waals surface area contributed by atoms with E-state index in [1.165, 1.54) is 11.3 Å². The molecule has 0 aliphatic heterocycles. The quantitative estimate of drug-likeness (QED) is 0.878. The van der Waals surface area contributed by atoms with Gasteiger partial charge < -0.3 is 14.6 Å². The summed E-state index contributed by atoms with van der Waals surface area (Å²) < 4.78 is 5.64. The molecule has 0 spiro atoms. The molecule has 2 heterocycles. The summed E-state index contributed by atoms with van der Waals surface area (Å²) in [6, 6.07) is 6.53. The molecule has 20 heavy (non-hydrogen) atoms. The summed E-state index contributed by atoms with van der Waals surface area (Å²) in [5.74, 6) is 1.93. The maximum absolute atomic E-state index is 5.64. The van der Waals surface area contributed by atoms with Crippen molar-refractivity contribution >= 4 is 5.69 Å². The summed E-state index contributed by atoms with van der Waals surface area (Å²) in [7, 11) is 2.08. The fourth-order valence-corrected chi connectivity index (χ4v) is 2.13. The first-order chi connectivity index (χ1) is 9.56. The first kappa shape index (κ1) is 14.6. The van der Waals surface area contributed by atoms with Crippen molar-refractivity contribution in [2.45, 2.75) is 39.9 Å². The Bertz CT molecular complexity index is 548. The number of anilines is 1.